The summed E-state index contributed by atoms with van der Waals surface area (Å²) in [5, 5.41) is 5.48. The fourth-order valence-electron chi connectivity index (χ4n) is 6.08. The van der Waals surface area contributed by atoms with Gasteiger partial charge in [0.25, 0.3) is 0 Å². The van der Waals surface area contributed by atoms with E-state index in [0.717, 1.165) is 60.5 Å². The van der Waals surface area contributed by atoms with Crippen LogP contribution < -0.4 is 0 Å². The van der Waals surface area contributed by atoms with Crippen molar-refractivity contribution in [2.75, 3.05) is 0 Å². The summed E-state index contributed by atoms with van der Waals surface area (Å²) in [7, 11) is 0. The fraction of sp³-hybridized carbons (Fsp3) is 0. The standard InChI is InChI=1S/C40H24N4O/c1-2-8-25(9-3-1)27-14-17-28(18-15-27)38-42-39(30-19-16-26-10-4-5-11-29(26)22-30)44-40(43-38)31-20-21-32-34(23-31)41-24-36-37(32)33-12-6-7-13-35(33)45-36/h1-24H. The second kappa shape index (κ2) is 10.2. The first kappa shape index (κ1) is 25.3. The minimum atomic E-state index is 0.594. The lowest BCUT2D eigenvalue weighted by Crippen LogP contribution is -2.00. The number of rotatable bonds is 4. The predicted octanol–water partition coefficient (Wildman–Crippen LogP) is 10.1. The van der Waals surface area contributed by atoms with E-state index in [1.165, 1.54) is 10.9 Å². The largest absolute Gasteiger partial charge is 0.454 e. The average molecular weight is 577 g/mol. The summed E-state index contributed by atoms with van der Waals surface area (Å²) in [5.74, 6) is 1.83. The third-order valence-corrected chi connectivity index (χ3v) is 8.36. The van der Waals surface area contributed by atoms with Crippen molar-refractivity contribution in [2.45, 2.75) is 0 Å². The van der Waals surface area contributed by atoms with Crippen molar-refractivity contribution in [1.82, 2.24) is 19.9 Å². The molecule has 210 valence electrons. The molecule has 3 aromatic heterocycles. The van der Waals surface area contributed by atoms with Crippen molar-refractivity contribution >= 4 is 43.6 Å². The van der Waals surface area contributed by atoms with Crippen molar-refractivity contribution in [2.24, 2.45) is 0 Å². The summed E-state index contributed by atoms with van der Waals surface area (Å²) >= 11 is 0. The summed E-state index contributed by atoms with van der Waals surface area (Å²) in [4.78, 5) is 19.8. The van der Waals surface area contributed by atoms with Gasteiger partial charge in [0.15, 0.2) is 23.1 Å². The number of nitrogens with zero attached hydrogens (tertiary/aromatic N) is 4. The molecule has 0 unspecified atom stereocenters. The van der Waals surface area contributed by atoms with Crippen LogP contribution in [-0.4, -0.2) is 19.9 Å². The van der Waals surface area contributed by atoms with Crippen LogP contribution in [0, 0.1) is 0 Å². The van der Waals surface area contributed by atoms with E-state index in [4.69, 9.17) is 24.4 Å². The molecule has 45 heavy (non-hydrogen) atoms. The molecule has 0 saturated heterocycles. The second-order valence-corrected chi connectivity index (χ2v) is 11.1. The van der Waals surface area contributed by atoms with Crippen molar-refractivity contribution in [1.29, 1.82) is 0 Å². The van der Waals surface area contributed by atoms with Crippen molar-refractivity contribution in [3.05, 3.63) is 146 Å². The first-order valence-corrected chi connectivity index (χ1v) is 14.9. The molecule has 0 N–H and O–H groups in total. The maximum absolute atomic E-state index is 6.08. The Hall–Kier alpha value is -6.20. The molecule has 0 bridgehead atoms. The van der Waals surface area contributed by atoms with E-state index in [0.29, 0.717) is 17.5 Å². The molecule has 0 saturated carbocycles. The Morgan fingerprint density at radius 3 is 1.82 bits per heavy atom. The number of aromatic nitrogens is 4. The van der Waals surface area contributed by atoms with Crippen LogP contribution in [-0.2, 0) is 0 Å². The van der Waals surface area contributed by atoms with Gasteiger partial charge in [0.05, 0.1) is 11.7 Å². The molecule has 0 aliphatic heterocycles. The van der Waals surface area contributed by atoms with Gasteiger partial charge in [-0.15, -0.1) is 0 Å². The van der Waals surface area contributed by atoms with Crippen molar-refractivity contribution < 1.29 is 4.42 Å². The van der Waals surface area contributed by atoms with E-state index in [9.17, 15) is 0 Å². The van der Waals surface area contributed by atoms with Crippen molar-refractivity contribution in [3.63, 3.8) is 0 Å². The number of benzene rings is 6. The van der Waals surface area contributed by atoms with Gasteiger partial charge in [-0.1, -0.05) is 121 Å². The summed E-state index contributed by atoms with van der Waals surface area (Å²) in [6.07, 6.45) is 1.80. The first-order chi connectivity index (χ1) is 22.3. The molecule has 0 atom stereocenters. The zero-order valence-electron chi connectivity index (χ0n) is 24.1. The lowest BCUT2D eigenvalue weighted by molar-refractivity contribution is 0.667. The summed E-state index contributed by atoms with van der Waals surface area (Å²) in [5.41, 5.74) is 7.52. The number of pyridine rings is 1. The third-order valence-electron chi connectivity index (χ3n) is 8.36. The zero-order chi connectivity index (χ0) is 29.7. The maximum Gasteiger partial charge on any atom is 0.164 e. The highest BCUT2D eigenvalue weighted by molar-refractivity contribution is 6.17. The predicted molar refractivity (Wildman–Crippen MR) is 182 cm³/mol. The maximum atomic E-state index is 6.08. The van der Waals surface area contributed by atoms with Gasteiger partial charge in [0.1, 0.15) is 5.58 Å². The molecule has 5 heteroatoms. The third kappa shape index (κ3) is 4.41. The van der Waals surface area contributed by atoms with E-state index >= 15 is 0 Å². The van der Waals surface area contributed by atoms with Crippen LogP contribution in [0.1, 0.15) is 0 Å². The molecular formula is C40H24N4O. The second-order valence-electron chi connectivity index (χ2n) is 11.1. The molecule has 9 aromatic rings. The molecular weight excluding hydrogens is 552 g/mol. The van der Waals surface area contributed by atoms with E-state index in [1.54, 1.807) is 6.20 Å². The zero-order valence-corrected chi connectivity index (χ0v) is 24.1. The van der Waals surface area contributed by atoms with Gasteiger partial charge < -0.3 is 4.42 Å². The minimum Gasteiger partial charge on any atom is -0.454 e. The van der Waals surface area contributed by atoms with Gasteiger partial charge in [-0.25, -0.2) is 15.0 Å². The molecule has 0 aliphatic rings. The highest BCUT2D eigenvalue weighted by atomic mass is 16.3. The Labute approximate surface area is 258 Å². The van der Waals surface area contributed by atoms with Gasteiger partial charge in [-0.3, -0.25) is 4.98 Å². The van der Waals surface area contributed by atoms with Crippen molar-refractivity contribution in [3.8, 4) is 45.3 Å². The van der Waals surface area contributed by atoms with Crippen LogP contribution in [0.25, 0.3) is 88.9 Å². The van der Waals surface area contributed by atoms with Gasteiger partial charge in [0, 0.05) is 32.8 Å². The highest BCUT2D eigenvalue weighted by Gasteiger charge is 2.16. The Bertz CT molecular complexity index is 2540. The Balaban J connectivity index is 1.21. The van der Waals surface area contributed by atoms with Gasteiger partial charge >= 0.3 is 0 Å². The number of hydrogen-bond acceptors (Lipinski definition) is 5. The topological polar surface area (TPSA) is 64.7 Å². The SMILES string of the molecule is c1ccc(-c2ccc(-c3nc(-c4ccc5ccccc5c4)nc(-c4ccc5c(c4)ncc4oc6ccccc6c45)n3)cc2)cc1. The summed E-state index contributed by atoms with van der Waals surface area (Å²) in [6, 6.07) is 47.7. The Kier molecular flexibility index (Phi) is 5.74. The molecule has 3 heterocycles. The number of hydrogen-bond donors (Lipinski definition) is 0. The molecule has 0 amide bonds. The number of furan rings is 1. The Morgan fingerprint density at radius 1 is 0.400 bits per heavy atom. The van der Waals surface area contributed by atoms with Gasteiger partial charge in [-0.05, 0) is 40.1 Å². The molecule has 0 radical (unpaired) electrons. The monoisotopic (exact) mass is 576 g/mol. The van der Waals surface area contributed by atoms with Crippen LogP contribution in [0.4, 0.5) is 0 Å². The molecule has 0 fully saturated rings. The number of para-hydroxylation sites is 1. The van der Waals surface area contributed by atoms with Crippen LogP contribution >= 0.6 is 0 Å². The fourth-order valence-corrected chi connectivity index (χ4v) is 6.08. The first-order valence-electron chi connectivity index (χ1n) is 14.9. The molecule has 9 rings (SSSR count). The van der Waals surface area contributed by atoms with Crippen LogP contribution in [0.3, 0.4) is 0 Å². The normalized spacial score (nSPS) is 11.6. The molecule has 0 spiro atoms. The van der Waals surface area contributed by atoms with E-state index in [2.05, 4.69) is 103 Å². The van der Waals surface area contributed by atoms with E-state index < -0.39 is 0 Å². The van der Waals surface area contributed by atoms with Gasteiger partial charge in [0.2, 0.25) is 0 Å². The van der Waals surface area contributed by atoms with Crippen LogP contribution in [0.15, 0.2) is 150 Å². The molecule has 5 nitrogen and oxygen atoms in total. The quantitative estimate of drug-likeness (QED) is 0.209. The average Bonchev–Trinajstić information content (AvgIpc) is 3.51. The highest BCUT2D eigenvalue weighted by Crippen LogP contribution is 2.35. The lowest BCUT2D eigenvalue weighted by Gasteiger charge is -2.10. The van der Waals surface area contributed by atoms with E-state index in [1.807, 2.05) is 36.4 Å². The lowest BCUT2D eigenvalue weighted by atomic mass is 10.0. The van der Waals surface area contributed by atoms with Crippen LogP contribution in [0.2, 0.25) is 0 Å². The summed E-state index contributed by atoms with van der Waals surface area (Å²) in [6.45, 7) is 0. The van der Waals surface area contributed by atoms with Gasteiger partial charge in [-0.2, -0.15) is 0 Å². The minimum absolute atomic E-state index is 0.594. The van der Waals surface area contributed by atoms with E-state index in [-0.39, 0.29) is 0 Å². The molecule has 0 aliphatic carbocycles. The molecule has 6 aromatic carbocycles. The Morgan fingerprint density at radius 2 is 1.00 bits per heavy atom. The smallest absolute Gasteiger partial charge is 0.164 e. The van der Waals surface area contributed by atoms with Crippen LogP contribution in [0.5, 0.6) is 0 Å². The number of fused-ring (bicyclic) bond motifs is 6. The summed E-state index contributed by atoms with van der Waals surface area (Å²) < 4.78 is 6.08.